The van der Waals surface area contributed by atoms with Crippen molar-refractivity contribution in [2.45, 2.75) is 58.7 Å². The van der Waals surface area contributed by atoms with Crippen LogP contribution in [0.4, 0.5) is 4.79 Å². The maximum absolute atomic E-state index is 12.5. The van der Waals surface area contributed by atoms with Crippen LogP contribution in [0, 0.1) is 5.92 Å². The molecular weight excluding hydrogens is 344 g/mol. The molecule has 0 spiro atoms. The van der Waals surface area contributed by atoms with Crippen molar-refractivity contribution in [1.29, 1.82) is 0 Å². The second-order valence-corrected chi connectivity index (χ2v) is 7.98. The van der Waals surface area contributed by atoms with Gasteiger partial charge in [0.05, 0.1) is 12.5 Å². The summed E-state index contributed by atoms with van der Waals surface area (Å²) in [6, 6.07) is 10.2. The number of likely N-dealkylation sites (tertiary alicyclic amines) is 1. The summed E-state index contributed by atoms with van der Waals surface area (Å²) in [5.74, 6) is -0.694. The van der Waals surface area contributed by atoms with E-state index in [1.165, 1.54) is 0 Å². The predicted molar refractivity (Wildman–Crippen MR) is 104 cm³/mol. The molecule has 1 N–H and O–H groups in total. The van der Waals surface area contributed by atoms with Gasteiger partial charge in [-0.2, -0.15) is 0 Å². The lowest BCUT2D eigenvalue weighted by Gasteiger charge is -2.39. The molecule has 2 rings (SSSR count). The van der Waals surface area contributed by atoms with E-state index in [-0.39, 0.29) is 24.1 Å². The van der Waals surface area contributed by atoms with Crippen molar-refractivity contribution in [2.24, 2.45) is 5.92 Å². The van der Waals surface area contributed by atoms with Gasteiger partial charge < -0.3 is 19.7 Å². The summed E-state index contributed by atoms with van der Waals surface area (Å²) in [5, 5.41) is 3.55. The van der Waals surface area contributed by atoms with Crippen LogP contribution in [0.1, 0.15) is 52.6 Å². The van der Waals surface area contributed by atoms with E-state index in [1.54, 1.807) is 11.8 Å². The lowest BCUT2D eigenvalue weighted by atomic mass is 9.91. The van der Waals surface area contributed by atoms with Crippen molar-refractivity contribution in [3.63, 3.8) is 0 Å². The number of hydrogen-bond acceptors (Lipinski definition) is 5. The van der Waals surface area contributed by atoms with E-state index in [0.29, 0.717) is 26.1 Å². The van der Waals surface area contributed by atoms with Crippen molar-refractivity contribution >= 4 is 12.1 Å². The first-order valence-electron chi connectivity index (χ1n) is 9.67. The highest BCUT2D eigenvalue weighted by Crippen LogP contribution is 2.24. The lowest BCUT2D eigenvalue weighted by molar-refractivity contribution is -0.151. The number of esters is 1. The number of benzene rings is 1. The molecule has 0 radical (unpaired) electrons. The van der Waals surface area contributed by atoms with Crippen LogP contribution in [0.3, 0.4) is 0 Å². The van der Waals surface area contributed by atoms with Gasteiger partial charge in [0.15, 0.2) is 0 Å². The summed E-state index contributed by atoms with van der Waals surface area (Å²) in [6.45, 7) is 10.6. The van der Waals surface area contributed by atoms with Crippen molar-refractivity contribution in [3.8, 4) is 0 Å². The highest BCUT2D eigenvalue weighted by molar-refractivity contribution is 5.76. The molecule has 0 saturated carbocycles. The number of rotatable bonds is 5. The quantitative estimate of drug-likeness (QED) is 0.797. The molecule has 0 bridgehead atoms. The SMILES string of the molecule is CCOC(=O)[C@@H]1CN(C(=O)OC(C)(C)C)CC[C@@H]1N[C@@H](C)c1ccccc1. The Labute approximate surface area is 162 Å². The first-order valence-corrected chi connectivity index (χ1v) is 9.67. The molecule has 1 aliphatic heterocycles. The fourth-order valence-corrected chi connectivity index (χ4v) is 3.29. The molecule has 1 fully saturated rings. The number of nitrogens with zero attached hydrogens (tertiary/aromatic N) is 1. The molecule has 0 unspecified atom stereocenters. The van der Waals surface area contributed by atoms with E-state index >= 15 is 0 Å². The van der Waals surface area contributed by atoms with Crippen LogP contribution in [0.15, 0.2) is 30.3 Å². The Balaban J connectivity index is 2.08. The Morgan fingerprint density at radius 2 is 1.93 bits per heavy atom. The lowest BCUT2D eigenvalue weighted by Crippen LogP contribution is -2.55. The molecule has 1 aromatic rings. The van der Waals surface area contributed by atoms with Gasteiger partial charge in [0.25, 0.3) is 0 Å². The minimum atomic E-state index is -0.562. The van der Waals surface area contributed by atoms with Crippen LogP contribution in [-0.4, -0.2) is 48.3 Å². The summed E-state index contributed by atoms with van der Waals surface area (Å²) in [5.41, 5.74) is 0.600. The molecule has 1 amide bonds. The number of hydrogen-bond donors (Lipinski definition) is 1. The zero-order valence-corrected chi connectivity index (χ0v) is 17.0. The highest BCUT2D eigenvalue weighted by atomic mass is 16.6. The molecule has 1 aromatic carbocycles. The third-order valence-electron chi connectivity index (χ3n) is 4.62. The van der Waals surface area contributed by atoms with E-state index in [0.717, 1.165) is 5.56 Å². The van der Waals surface area contributed by atoms with Gasteiger partial charge in [0, 0.05) is 25.2 Å². The minimum absolute atomic E-state index is 0.0575. The molecule has 3 atom stereocenters. The maximum atomic E-state index is 12.5. The fraction of sp³-hybridized carbons (Fsp3) is 0.619. The molecule has 1 aliphatic rings. The Morgan fingerprint density at radius 1 is 1.26 bits per heavy atom. The molecule has 6 nitrogen and oxygen atoms in total. The maximum Gasteiger partial charge on any atom is 0.410 e. The predicted octanol–water partition coefficient (Wildman–Crippen LogP) is 3.53. The first-order chi connectivity index (χ1) is 12.7. The van der Waals surface area contributed by atoms with Crippen molar-refractivity contribution in [2.75, 3.05) is 19.7 Å². The normalized spacial score (nSPS) is 21.4. The van der Waals surface area contributed by atoms with Crippen LogP contribution in [-0.2, 0) is 14.3 Å². The van der Waals surface area contributed by atoms with Crippen molar-refractivity contribution in [1.82, 2.24) is 10.2 Å². The fourth-order valence-electron chi connectivity index (χ4n) is 3.29. The van der Waals surface area contributed by atoms with Gasteiger partial charge in [-0.25, -0.2) is 4.79 Å². The van der Waals surface area contributed by atoms with E-state index in [4.69, 9.17) is 9.47 Å². The second kappa shape index (κ2) is 9.22. The average Bonchev–Trinajstić information content (AvgIpc) is 2.61. The number of piperidine rings is 1. The Kier molecular flexibility index (Phi) is 7.25. The number of carbonyl (C=O) groups excluding carboxylic acids is 2. The number of carbonyl (C=O) groups is 2. The van der Waals surface area contributed by atoms with Gasteiger partial charge in [0.1, 0.15) is 5.60 Å². The molecule has 6 heteroatoms. The zero-order valence-electron chi connectivity index (χ0n) is 17.0. The third-order valence-corrected chi connectivity index (χ3v) is 4.62. The largest absolute Gasteiger partial charge is 0.466 e. The van der Waals surface area contributed by atoms with Crippen LogP contribution in [0.5, 0.6) is 0 Å². The van der Waals surface area contributed by atoms with Gasteiger partial charge >= 0.3 is 12.1 Å². The number of amides is 1. The standard InChI is InChI=1S/C21H32N2O4/c1-6-26-19(24)17-14-23(20(25)27-21(3,4)5)13-12-18(17)22-15(2)16-10-8-7-9-11-16/h7-11,15,17-18,22H,6,12-14H2,1-5H3/t15-,17+,18-/m0/s1. The average molecular weight is 376 g/mol. The monoisotopic (exact) mass is 376 g/mol. The summed E-state index contributed by atoms with van der Waals surface area (Å²) >= 11 is 0. The smallest absolute Gasteiger partial charge is 0.410 e. The van der Waals surface area contributed by atoms with Crippen LogP contribution >= 0.6 is 0 Å². The summed E-state index contributed by atoms with van der Waals surface area (Å²) in [7, 11) is 0. The van der Waals surface area contributed by atoms with Gasteiger partial charge in [0.2, 0.25) is 0 Å². The topological polar surface area (TPSA) is 67.9 Å². The molecule has 1 heterocycles. The van der Waals surface area contributed by atoms with E-state index in [1.807, 2.05) is 39.0 Å². The summed E-state index contributed by atoms with van der Waals surface area (Å²) < 4.78 is 10.7. The van der Waals surface area contributed by atoms with Crippen molar-refractivity contribution in [3.05, 3.63) is 35.9 Å². The Bertz CT molecular complexity index is 627. The Hall–Kier alpha value is -2.08. The molecule has 27 heavy (non-hydrogen) atoms. The zero-order chi connectivity index (χ0) is 20.0. The highest BCUT2D eigenvalue weighted by Gasteiger charge is 2.38. The van der Waals surface area contributed by atoms with E-state index < -0.39 is 11.5 Å². The third kappa shape index (κ3) is 6.24. The second-order valence-electron chi connectivity index (χ2n) is 7.98. The molecule has 0 aromatic heterocycles. The van der Waals surface area contributed by atoms with Crippen LogP contribution in [0.2, 0.25) is 0 Å². The van der Waals surface area contributed by atoms with E-state index in [2.05, 4.69) is 24.4 Å². The number of ether oxygens (including phenoxy) is 2. The van der Waals surface area contributed by atoms with Crippen LogP contribution < -0.4 is 5.32 Å². The van der Waals surface area contributed by atoms with Crippen LogP contribution in [0.25, 0.3) is 0 Å². The van der Waals surface area contributed by atoms with Gasteiger partial charge in [-0.15, -0.1) is 0 Å². The summed E-state index contributed by atoms with van der Waals surface area (Å²) in [4.78, 5) is 26.6. The number of nitrogens with one attached hydrogen (secondary N) is 1. The molecule has 150 valence electrons. The van der Waals surface area contributed by atoms with Gasteiger partial charge in [-0.3, -0.25) is 4.79 Å². The molecule has 1 saturated heterocycles. The molecular formula is C21H32N2O4. The van der Waals surface area contributed by atoms with Gasteiger partial charge in [-0.05, 0) is 46.6 Å². The minimum Gasteiger partial charge on any atom is -0.466 e. The Morgan fingerprint density at radius 3 is 2.52 bits per heavy atom. The summed E-state index contributed by atoms with van der Waals surface area (Å²) in [6.07, 6.45) is 0.284. The molecule has 0 aliphatic carbocycles. The first kappa shape index (κ1) is 21.2. The van der Waals surface area contributed by atoms with E-state index in [9.17, 15) is 9.59 Å². The van der Waals surface area contributed by atoms with Crippen molar-refractivity contribution < 1.29 is 19.1 Å². The van der Waals surface area contributed by atoms with Gasteiger partial charge in [-0.1, -0.05) is 30.3 Å².